The summed E-state index contributed by atoms with van der Waals surface area (Å²) < 4.78 is 50.2. The number of rotatable bonds is 5. The van der Waals surface area contributed by atoms with Crippen molar-refractivity contribution in [1.29, 1.82) is 0 Å². The molecular weight excluding hydrogens is 542 g/mol. The number of alkyl halides is 2. The van der Waals surface area contributed by atoms with Crippen LogP contribution in [0.15, 0.2) is 41.2 Å². The van der Waals surface area contributed by atoms with Crippen molar-refractivity contribution in [2.45, 2.75) is 56.9 Å². The molecule has 1 aromatic heterocycles. The lowest BCUT2D eigenvalue weighted by Gasteiger charge is -2.29. The molecule has 1 amide bonds. The maximum atomic E-state index is 15.3. The SMILES string of the molecule is [B]C([B])([B])n1c(=O)nc(N2CCOCc3c(C#CC(C)(C)NC(=O)C4(C(C)(F)F)CC4)cccc32)c2c(F)cccc21. The van der Waals surface area contributed by atoms with Crippen LogP contribution < -0.4 is 15.9 Å². The topological polar surface area (TPSA) is 76.5 Å². The molecule has 5 rings (SSSR count). The summed E-state index contributed by atoms with van der Waals surface area (Å²) in [5, 5.41) is 0.510. The predicted octanol–water partition coefficient (Wildman–Crippen LogP) is 2.96. The highest BCUT2D eigenvalue weighted by Gasteiger charge is 2.64. The van der Waals surface area contributed by atoms with Crippen LogP contribution in [0.2, 0.25) is 0 Å². The number of benzene rings is 2. The summed E-state index contributed by atoms with van der Waals surface area (Å²) in [6.45, 7) is 4.60. The fourth-order valence-electron chi connectivity index (χ4n) is 5.21. The van der Waals surface area contributed by atoms with Gasteiger partial charge in [-0.25, -0.2) is 18.0 Å². The summed E-state index contributed by atoms with van der Waals surface area (Å²) in [4.78, 5) is 31.6. The summed E-state index contributed by atoms with van der Waals surface area (Å²) in [5.41, 5.74) is -1.92. The van der Waals surface area contributed by atoms with Gasteiger partial charge >= 0.3 is 5.69 Å². The molecule has 3 aromatic rings. The number of hydrogen-bond acceptors (Lipinski definition) is 5. The molecule has 7 nitrogen and oxygen atoms in total. The van der Waals surface area contributed by atoms with Crippen LogP contribution in [0.25, 0.3) is 10.9 Å². The maximum Gasteiger partial charge on any atom is 0.348 e. The molecule has 1 aliphatic carbocycles. The van der Waals surface area contributed by atoms with Crippen molar-refractivity contribution in [3.63, 3.8) is 0 Å². The Bertz CT molecular complexity index is 1700. The van der Waals surface area contributed by atoms with Gasteiger partial charge in [-0.2, -0.15) is 4.98 Å². The first-order valence-corrected chi connectivity index (χ1v) is 13.3. The quantitative estimate of drug-likeness (QED) is 0.379. The third-order valence-corrected chi connectivity index (χ3v) is 7.60. The largest absolute Gasteiger partial charge is 0.375 e. The van der Waals surface area contributed by atoms with Crippen molar-refractivity contribution in [3.8, 4) is 11.8 Å². The number of carbonyl (C=O) groups excluding carboxylic acids is 1. The van der Waals surface area contributed by atoms with Gasteiger partial charge in [0.05, 0.1) is 53.2 Å². The number of halogens is 3. The Labute approximate surface area is 245 Å². The number of carbonyl (C=O) groups is 1. The van der Waals surface area contributed by atoms with Gasteiger partial charge < -0.3 is 19.5 Å². The molecule has 1 aliphatic heterocycles. The molecule has 0 bridgehead atoms. The van der Waals surface area contributed by atoms with Crippen LogP contribution in [0.5, 0.6) is 0 Å². The van der Waals surface area contributed by atoms with E-state index in [4.69, 9.17) is 28.3 Å². The smallest absolute Gasteiger partial charge is 0.348 e. The summed E-state index contributed by atoms with van der Waals surface area (Å²) >= 11 is 0. The molecule has 0 saturated heterocycles. The van der Waals surface area contributed by atoms with E-state index < -0.39 is 39.5 Å². The minimum Gasteiger partial charge on any atom is -0.375 e. The summed E-state index contributed by atoms with van der Waals surface area (Å²) in [5.74, 6) is 1.51. The van der Waals surface area contributed by atoms with Crippen LogP contribution in [0, 0.1) is 23.1 Å². The van der Waals surface area contributed by atoms with Gasteiger partial charge in [-0.3, -0.25) is 4.79 Å². The van der Waals surface area contributed by atoms with Gasteiger partial charge in [-0.15, -0.1) is 0 Å². The zero-order chi connectivity index (χ0) is 30.7. The van der Waals surface area contributed by atoms with Gasteiger partial charge in [-0.05, 0) is 51.0 Å². The molecule has 1 saturated carbocycles. The van der Waals surface area contributed by atoms with E-state index in [2.05, 4.69) is 22.1 Å². The second-order valence-electron chi connectivity index (χ2n) is 11.4. The Hall–Kier alpha value is -3.65. The van der Waals surface area contributed by atoms with Crippen LogP contribution in [0.4, 0.5) is 24.7 Å². The molecule has 6 radical (unpaired) electrons. The molecule has 2 aliphatic rings. The van der Waals surface area contributed by atoms with Crippen LogP contribution in [0.3, 0.4) is 0 Å². The van der Waals surface area contributed by atoms with Gasteiger partial charge in [0.1, 0.15) is 11.2 Å². The molecule has 13 heteroatoms. The zero-order valence-corrected chi connectivity index (χ0v) is 23.4. The summed E-state index contributed by atoms with van der Waals surface area (Å²) in [6.07, 6.45) is 0.226. The predicted molar refractivity (Wildman–Crippen MR) is 156 cm³/mol. The lowest BCUT2D eigenvalue weighted by Crippen LogP contribution is -2.50. The van der Waals surface area contributed by atoms with E-state index in [-0.39, 0.29) is 49.3 Å². The minimum absolute atomic E-state index is 0.0160. The number of ether oxygens (including phenoxy) is 1. The van der Waals surface area contributed by atoms with Gasteiger partial charge in [0.15, 0.2) is 5.82 Å². The highest BCUT2D eigenvalue weighted by Crippen LogP contribution is 2.57. The van der Waals surface area contributed by atoms with Crippen molar-refractivity contribution in [2.75, 3.05) is 18.1 Å². The molecule has 210 valence electrons. The molecule has 1 N–H and O–H groups in total. The average Bonchev–Trinajstić information content (AvgIpc) is 3.71. The van der Waals surface area contributed by atoms with Gasteiger partial charge in [0, 0.05) is 30.3 Å². The molecule has 2 heterocycles. The number of amides is 1. The number of hydrogen-bond donors (Lipinski definition) is 1. The molecule has 42 heavy (non-hydrogen) atoms. The summed E-state index contributed by atoms with van der Waals surface area (Å²) in [7, 11) is 17.4. The lowest BCUT2D eigenvalue weighted by molar-refractivity contribution is -0.142. The highest BCUT2D eigenvalue weighted by atomic mass is 19.3. The lowest BCUT2D eigenvalue weighted by atomic mass is 9.49. The van der Waals surface area contributed by atoms with Crippen molar-refractivity contribution < 1.29 is 22.7 Å². The molecule has 0 spiro atoms. The Kier molecular flexibility index (Phi) is 7.29. The van der Waals surface area contributed by atoms with Gasteiger partial charge in [-0.1, -0.05) is 29.2 Å². The Balaban J connectivity index is 1.57. The number of aromatic nitrogens is 2. The molecule has 0 unspecified atom stereocenters. The monoisotopic (exact) mass is 568 g/mol. The van der Waals surface area contributed by atoms with E-state index in [9.17, 15) is 18.4 Å². The van der Waals surface area contributed by atoms with E-state index in [1.54, 1.807) is 36.9 Å². The van der Waals surface area contributed by atoms with Crippen LogP contribution in [-0.4, -0.2) is 63.6 Å². The van der Waals surface area contributed by atoms with E-state index in [0.29, 0.717) is 16.8 Å². The van der Waals surface area contributed by atoms with Crippen LogP contribution in [0.1, 0.15) is 44.7 Å². The Morgan fingerprint density at radius 2 is 1.81 bits per heavy atom. The fourth-order valence-corrected chi connectivity index (χ4v) is 5.21. The first-order valence-electron chi connectivity index (χ1n) is 13.3. The van der Waals surface area contributed by atoms with E-state index in [0.717, 1.165) is 11.5 Å². The second-order valence-corrected chi connectivity index (χ2v) is 11.4. The Morgan fingerprint density at radius 3 is 2.45 bits per heavy atom. The molecule has 1 fully saturated rings. The third kappa shape index (κ3) is 5.33. The molecule has 2 aromatic carbocycles. The zero-order valence-electron chi connectivity index (χ0n) is 23.4. The Morgan fingerprint density at radius 1 is 1.12 bits per heavy atom. The number of nitrogens with one attached hydrogen (secondary N) is 1. The van der Waals surface area contributed by atoms with E-state index in [1.165, 1.54) is 18.2 Å². The van der Waals surface area contributed by atoms with Crippen molar-refractivity contribution in [1.82, 2.24) is 14.9 Å². The second kappa shape index (κ2) is 10.3. The fraction of sp³-hybridized carbons (Fsp3) is 0.414. The van der Waals surface area contributed by atoms with Gasteiger partial charge in [0.2, 0.25) is 5.91 Å². The first-order chi connectivity index (χ1) is 19.6. The highest BCUT2D eigenvalue weighted by molar-refractivity contribution is 6.56. The third-order valence-electron chi connectivity index (χ3n) is 7.60. The number of nitrogens with zero attached hydrogens (tertiary/aromatic N) is 3. The van der Waals surface area contributed by atoms with Crippen molar-refractivity contribution >= 4 is 51.9 Å². The van der Waals surface area contributed by atoms with Crippen molar-refractivity contribution in [3.05, 3.63) is 63.8 Å². The first kappa shape index (κ1) is 29.8. The number of fused-ring (bicyclic) bond motifs is 2. The normalized spacial score (nSPS) is 16.7. The van der Waals surface area contributed by atoms with Crippen LogP contribution >= 0.6 is 0 Å². The van der Waals surface area contributed by atoms with Crippen molar-refractivity contribution in [2.24, 2.45) is 5.41 Å². The van der Waals surface area contributed by atoms with Gasteiger partial charge in [0.25, 0.3) is 5.92 Å². The van der Waals surface area contributed by atoms with E-state index in [1.807, 2.05) is 0 Å². The van der Waals surface area contributed by atoms with Crippen LogP contribution in [-0.2, 0) is 21.4 Å². The summed E-state index contributed by atoms with van der Waals surface area (Å²) in [6, 6.07) is 9.34. The minimum atomic E-state index is -3.14. The molecule has 0 atom stereocenters. The average molecular weight is 568 g/mol. The molecular formula is C29H26B3F3N4O3. The van der Waals surface area contributed by atoms with E-state index >= 15 is 4.39 Å². The standard InChI is InChI=1S/C29H26B3F3N4O3/c1-26(2,37-24(40)28(12-13-28)27(3,34)35)11-10-17-6-4-8-20-18(17)16-42-15-14-38(20)23-22-19(33)7-5-9-21(22)39(25(41)36-23)29(30,31)32/h4-9H,12-16H2,1-3H3,(H,37,40). The maximum absolute atomic E-state index is 15.3. The number of anilines is 2.